The van der Waals surface area contributed by atoms with Crippen LogP contribution < -0.4 is 5.48 Å². The molecule has 0 saturated heterocycles. The van der Waals surface area contributed by atoms with Gasteiger partial charge in [-0.1, -0.05) is 59.9 Å². The Balaban J connectivity index is 1.92. The van der Waals surface area contributed by atoms with Crippen molar-refractivity contribution < 1.29 is 23.2 Å². The van der Waals surface area contributed by atoms with Crippen LogP contribution in [0.3, 0.4) is 0 Å². The molecule has 168 valence electrons. The summed E-state index contributed by atoms with van der Waals surface area (Å²) in [7, 11) is -4.27. The first-order valence-electron chi connectivity index (χ1n) is 9.99. The molecule has 0 aliphatic carbocycles. The van der Waals surface area contributed by atoms with Gasteiger partial charge >= 0.3 is 0 Å². The number of carbonyl (C=O) groups excluding carboxylic acids is 2. The van der Waals surface area contributed by atoms with Crippen LogP contribution in [0.15, 0.2) is 83.8 Å². The molecule has 3 aromatic rings. The quantitative estimate of drug-likeness (QED) is 0.185. The molecule has 0 aliphatic heterocycles. The predicted octanol–water partition coefficient (Wildman–Crippen LogP) is 2.66. The third kappa shape index (κ3) is 5.93. The predicted molar refractivity (Wildman–Crippen MR) is 123 cm³/mol. The standard InChI is InChI=1S/C25H22N2O5S/c1-19-7-9-20(10-8-19)11-12-21-13-15-23(16-14-21)33(31,32)27(24(18-28)25(29)26-30)17-22-5-3-2-4-6-22/h2-10,13-16,18,24,30H,17H2,1H3,(H,26,29)/t24-/m0/s1. The first kappa shape index (κ1) is 23.9. The maximum absolute atomic E-state index is 13.3. The van der Waals surface area contributed by atoms with Crippen LogP contribution in [0.5, 0.6) is 0 Å². The van der Waals surface area contributed by atoms with E-state index in [4.69, 9.17) is 5.21 Å². The number of hydroxylamine groups is 1. The Morgan fingerprint density at radius 3 is 2.03 bits per heavy atom. The molecular formula is C25H22N2O5S. The number of hydrogen-bond acceptors (Lipinski definition) is 5. The molecule has 3 rings (SSSR count). The fraction of sp³-hybridized carbons (Fsp3) is 0.120. The van der Waals surface area contributed by atoms with Crippen molar-refractivity contribution in [1.82, 2.24) is 9.79 Å². The van der Waals surface area contributed by atoms with Crippen LogP contribution in [-0.4, -0.2) is 36.2 Å². The van der Waals surface area contributed by atoms with Crippen molar-refractivity contribution in [2.75, 3.05) is 0 Å². The van der Waals surface area contributed by atoms with E-state index in [1.165, 1.54) is 17.6 Å². The van der Waals surface area contributed by atoms with Gasteiger partial charge in [0.15, 0.2) is 6.04 Å². The number of sulfonamides is 1. The van der Waals surface area contributed by atoms with Gasteiger partial charge in [0.2, 0.25) is 10.0 Å². The molecule has 33 heavy (non-hydrogen) atoms. The molecule has 2 N–H and O–H groups in total. The Morgan fingerprint density at radius 2 is 1.52 bits per heavy atom. The first-order valence-corrected chi connectivity index (χ1v) is 11.4. The summed E-state index contributed by atoms with van der Waals surface area (Å²) in [5.74, 6) is 4.84. The van der Waals surface area contributed by atoms with Crippen LogP contribution in [0.25, 0.3) is 0 Å². The molecule has 0 saturated carbocycles. The van der Waals surface area contributed by atoms with Gasteiger partial charge in [0.1, 0.15) is 6.29 Å². The average molecular weight is 463 g/mol. The van der Waals surface area contributed by atoms with Crippen molar-refractivity contribution in [3.05, 3.63) is 101 Å². The fourth-order valence-corrected chi connectivity index (χ4v) is 4.56. The van der Waals surface area contributed by atoms with E-state index in [2.05, 4.69) is 11.8 Å². The van der Waals surface area contributed by atoms with Gasteiger partial charge in [0.25, 0.3) is 5.91 Å². The van der Waals surface area contributed by atoms with Gasteiger partial charge in [-0.05, 0) is 48.9 Å². The van der Waals surface area contributed by atoms with Crippen molar-refractivity contribution in [2.24, 2.45) is 0 Å². The number of nitrogens with one attached hydrogen (secondary N) is 1. The summed E-state index contributed by atoms with van der Waals surface area (Å²) >= 11 is 0. The summed E-state index contributed by atoms with van der Waals surface area (Å²) in [6, 6.07) is 20.3. The van der Waals surface area contributed by atoms with Gasteiger partial charge in [-0.3, -0.25) is 10.0 Å². The van der Waals surface area contributed by atoms with Gasteiger partial charge in [0.05, 0.1) is 4.90 Å². The maximum atomic E-state index is 13.3. The summed E-state index contributed by atoms with van der Waals surface area (Å²) < 4.78 is 27.4. The van der Waals surface area contributed by atoms with Gasteiger partial charge in [0, 0.05) is 17.7 Å². The van der Waals surface area contributed by atoms with Crippen LogP contribution in [0, 0.1) is 18.8 Å². The largest absolute Gasteiger partial charge is 0.301 e. The van der Waals surface area contributed by atoms with E-state index in [0.29, 0.717) is 11.1 Å². The summed E-state index contributed by atoms with van der Waals surface area (Å²) in [6.45, 7) is 1.74. The molecule has 1 amide bonds. The van der Waals surface area contributed by atoms with E-state index in [-0.39, 0.29) is 17.7 Å². The monoisotopic (exact) mass is 462 g/mol. The number of aryl methyl sites for hydroxylation is 1. The highest BCUT2D eigenvalue weighted by molar-refractivity contribution is 7.89. The first-order chi connectivity index (χ1) is 15.8. The van der Waals surface area contributed by atoms with E-state index in [1.807, 2.05) is 31.2 Å². The van der Waals surface area contributed by atoms with Crippen LogP contribution in [-0.2, 0) is 26.2 Å². The van der Waals surface area contributed by atoms with Crippen LogP contribution in [0.4, 0.5) is 0 Å². The summed E-state index contributed by atoms with van der Waals surface area (Å²) in [4.78, 5) is 23.5. The molecule has 0 radical (unpaired) electrons. The van der Waals surface area contributed by atoms with Crippen molar-refractivity contribution in [2.45, 2.75) is 24.4 Å². The average Bonchev–Trinajstić information content (AvgIpc) is 2.84. The SMILES string of the molecule is Cc1ccc(C#Cc2ccc(S(=O)(=O)N(Cc3ccccc3)[C@@H](C=O)C(=O)NO)cc2)cc1. The molecule has 0 fully saturated rings. The van der Waals surface area contributed by atoms with Crippen molar-refractivity contribution >= 4 is 22.2 Å². The Morgan fingerprint density at radius 1 is 0.970 bits per heavy atom. The van der Waals surface area contributed by atoms with Gasteiger partial charge < -0.3 is 4.79 Å². The van der Waals surface area contributed by atoms with Gasteiger partial charge in [-0.25, -0.2) is 13.9 Å². The summed E-state index contributed by atoms with van der Waals surface area (Å²) in [5, 5.41) is 9.00. The minimum absolute atomic E-state index is 0.114. The van der Waals surface area contributed by atoms with Crippen LogP contribution >= 0.6 is 0 Å². The molecule has 1 atom stereocenters. The van der Waals surface area contributed by atoms with E-state index in [9.17, 15) is 18.0 Å². The van der Waals surface area contributed by atoms with Crippen LogP contribution in [0.1, 0.15) is 22.3 Å². The topological polar surface area (TPSA) is 104 Å². The van der Waals surface area contributed by atoms with E-state index >= 15 is 0 Å². The third-order valence-electron chi connectivity index (χ3n) is 4.86. The number of amides is 1. The highest BCUT2D eigenvalue weighted by Crippen LogP contribution is 2.21. The lowest BCUT2D eigenvalue weighted by atomic mass is 10.1. The highest BCUT2D eigenvalue weighted by Gasteiger charge is 2.36. The number of nitrogens with zero attached hydrogens (tertiary/aromatic N) is 1. The zero-order valence-corrected chi connectivity index (χ0v) is 18.6. The van der Waals surface area contributed by atoms with Gasteiger partial charge in [-0.2, -0.15) is 4.31 Å². The Kier molecular flexibility index (Phi) is 7.74. The molecule has 0 spiro atoms. The smallest absolute Gasteiger partial charge is 0.269 e. The molecule has 7 nitrogen and oxygen atoms in total. The zero-order valence-electron chi connectivity index (χ0n) is 17.8. The molecule has 0 bridgehead atoms. The molecule has 8 heteroatoms. The molecular weight excluding hydrogens is 440 g/mol. The molecule has 3 aromatic carbocycles. The minimum atomic E-state index is -4.27. The second kappa shape index (κ2) is 10.7. The molecule has 0 heterocycles. The lowest BCUT2D eigenvalue weighted by Crippen LogP contribution is -2.49. The second-order valence-corrected chi connectivity index (χ2v) is 9.12. The Bertz CT molecular complexity index is 1280. The zero-order chi connectivity index (χ0) is 23.8. The van der Waals surface area contributed by atoms with E-state index in [0.717, 1.165) is 15.4 Å². The Labute approximate surface area is 192 Å². The van der Waals surface area contributed by atoms with E-state index < -0.39 is 22.0 Å². The summed E-state index contributed by atoms with van der Waals surface area (Å²) in [6.07, 6.45) is 0.174. The summed E-state index contributed by atoms with van der Waals surface area (Å²) in [5.41, 5.74) is 4.48. The molecule has 0 aromatic heterocycles. The highest BCUT2D eigenvalue weighted by atomic mass is 32.2. The normalized spacial score (nSPS) is 11.8. The number of aldehydes is 1. The van der Waals surface area contributed by atoms with Crippen molar-refractivity contribution in [3.8, 4) is 11.8 Å². The third-order valence-corrected chi connectivity index (χ3v) is 6.70. The second-order valence-electron chi connectivity index (χ2n) is 7.23. The van der Waals surface area contributed by atoms with Crippen LogP contribution in [0.2, 0.25) is 0 Å². The van der Waals surface area contributed by atoms with E-state index in [1.54, 1.807) is 42.5 Å². The maximum Gasteiger partial charge on any atom is 0.269 e. The van der Waals surface area contributed by atoms with Gasteiger partial charge in [-0.15, -0.1) is 0 Å². The molecule has 0 unspecified atom stereocenters. The number of benzene rings is 3. The lowest BCUT2D eigenvalue weighted by Gasteiger charge is -2.26. The fourth-order valence-electron chi connectivity index (χ4n) is 3.05. The Hall–Kier alpha value is -3.77. The number of hydrogen-bond donors (Lipinski definition) is 2. The minimum Gasteiger partial charge on any atom is -0.301 e. The lowest BCUT2D eigenvalue weighted by molar-refractivity contribution is -0.136. The number of rotatable bonds is 7. The van der Waals surface area contributed by atoms with Crippen molar-refractivity contribution in [3.63, 3.8) is 0 Å². The molecule has 0 aliphatic rings. The number of carbonyl (C=O) groups is 2. The van der Waals surface area contributed by atoms with Crippen molar-refractivity contribution in [1.29, 1.82) is 0 Å².